The van der Waals surface area contributed by atoms with Crippen LogP contribution in [0.25, 0.3) is 11.0 Å². The molecule has 2 rings (SSSR count). The van der Waals surface area contributed by atoms with Gasteiger partial charge in [-0.3, -0.25) is 0 Å². The number of furan rings is 1. The lowest BCUT2D eigenvalue weighted by atomic mass is 10.3. The molecule has 0 fully saturated rings. The molecule has 0 spiro atoms. The molecule has 0 aliphatic carbocycles. The summed E-state index contributed by atoms with van der Waals surface area (Å²) >= 11 is 9.18. The average molecular weight is 230 g/mol. The minimum Gasteiger partial charge on any atom is -0.462 e. The van der Waals surface area contributed by atoms with Gasteiger partial charge in [0.2, 0.25) is 0 Å². The minimum atomic E-state index is 0.607. The van der Waals surface area contributed by atoms with Crippen molar-refractivity contribution in [2.75, 3.05) is 0 Å². The number of hydrogen-bond donors (Lipinski definition) is 0. The number of rotatable bonds is 0. The number of halogens is 2. The van der Waals surface area contributed by atoms with Crippen molar-refractivity contribution in [1.82, 2.24) is 0 Å². The number of benzene rings is 1. The highest BCUT2D eigenvalue weighted by molar-refractivity contribution is 9.10. The molecule has 0 aliphatic rings. The predicted molar refractivity (Wildman–Crippen MR) is 47.8 cm³/mol. The monoisotopic (exact) mass is 229 g/mol. The highest BCUT2D eigenvalue weighted by Gasteiger charge is 2.02. The zero-order valence-electron chi connectivity index (χ0n) is 5.40. The van der Waals surface area contributed by atoms with E-state index < -0.39 is 0 Å². The zero-order valence-corrected chi connectivity index (χ0v) is 7.74. The fraction of sp³-hybridized carbons (Fsp3) is 0. The smallest absolute Gasteiger partial charge is 0.153 e. The van der Waals surface area contributed by atoms with Gasteiger partial charge in [0.15, 0.2) is 5.58 Å². The molecule has 1 nitrogen and oxygen atoms in total. The molecule has 0 unspecified atom stereocenters. The summed E-state index contributed by atoms with van der Waals surface area (Å²) in [6, 6.07) is 6.62. The Kier molecular flexibility index (Phi) is 1.66. The van der Waals surface area contributed by atoms with Gasteiger partial charge in [0.05, 0.1) is 11.3 Å². The van der Waals surface area contributed by atoms with Crippen LogP contribution in [0, 0.1) is 6.07 Å². The predicted octanol–water partition coefficient (Wildman–Crippen LogP) is 3.65. The van der Waals surface area contributed by atoms with Gasteiger partial charge < -0.3 is 4.42 Å². The van der Waals surface area contributed by atoms with Gasteiger partial charge >= 0.3 is 0 Å². The summed E-state index contributed by atoms with van der Waals surface area (Å²) in [7, 11) is 0. The number of fused-ring (bicyclic) bond motifs is 1. The summed E-state index contributed by atoms with van der Waals surface area (Å²) in [5.41, 5.74) is 0.690. The topological polar surface area (TPSA) is 13.1 Å². The first kappa shape index (κ1) is 7.19. The van der Waals surface area contributed by atoms with Crippen LogP contribution in [-0.2, 0) is 0 Å². The summed E-state index contributed by atoms with van der Waals surface area (Å²) in [4.78, 5) is 0. The van der Waals surface area contributed by atoms with E-state index in [-0.39, 0.29) is 0 Å². The molecule has 0 amide bonds. The Labute approximate surface area is 77.1 Å². The lowest BCUT2D eigenvalue weighted by Crippen LogP contribution is -1.68. The molecule has 1 aromatic heterocycles. The van der Waals surface area contributed by atoms with Gasteiger partial charge in [-0.25, -0.2) is 0 Å². The van der Waals surface area contributed by atoms with E-state index in [0.717, 1.165) is 9.86 Å². The van der Waals surface area contributed by atoms with Crippen LogP contribution in [0.1, 0.15) is 0 Å². The van der Waals surface area contributed by atoms with Gasteiger partial charge in [0.1, 0.15) is 0 Å². The van der Waals surface area contributed by atoms with Gasteiger partial charge in [0.25, 0.3) is 0 Å². The van der Waals surface area contributed by atoms with Gasteiger partial charge in [-0.2, -0.15) is 0 Å². The maximum absolute atomic E-state index is 5.86. The molecule has 0 aliphatic heterocycles. The van der Waals surface area contributed by atoms with Crippen molar-refractivity contribution in [3.8, 4) is 0 Å². The Morgan fingerprint density at radius 3 is 3.09 bits per heavy atom. The molecule has 2 aromatic rings. The molecule has 1 heterocycles. The van der Waals surface area contributed by atoms with E-state index >= 15 is 0 Å². The maximum atomic E-state index is 5.86. The van der Waals surface area contributed by atoms with Crippen molar-refractivity contribution < 1.29 is 4.42 Å². The van der Waals surface area contributed by atoms with Crippen molar-refractivity contribution in [2.24, 2.45) is 0 Å². The zero-order chi connectivity index (χ0) is 7.84. The summed E-state index contributed by atoms with van der Waals surface area (Å²) < 4.78 is 6.03. The molecule has 1 aromatic carbocycles. The van der Waals surface area contributed by atoms with Crippen LogP contribution >= 0.6 is 27.5 Å². The third-order valence-electron chi connectivity index (χ3n) is 1.40. The van der Waals surface area contributed by atoms with Gasteiger partial charge in [-0.05, 0) is 12.1 Å². The van der Waals surface area contributed by atoms with E-state index in [9.17, 15) is 0 Å². The van der Waals surface area contributed by atoms with Gasteiger partial charge in [-0.1, -0.05) is 27.5 Å². The van der Waals surface area contributed by atoms with Crippen molar-refractivity contribution in [2.45, 2.75) is 0 Å². The quantitative estimate of drug-likeness (QED) is 0.673. The Hall–Kier alpha value is -0.470. The second-order valence-corrected chi connectivity index (χ2v) is 3.47. The third-order valence-corrected chi connectivity index (χ3v) is 2.14. The molecule has 3 heteroatoms. The Morgan fingerprint density at radius 2 is 2.27 bits per heavy atom. The van der Waals surface area contributed by atoms with Crippen molar-refractivity contribution >= 4 is 38.5 Å². The highest BCUT2D eigenvalue weighted by Crippen LogP contribution is 2.28. The molecular formula is C8H3BrClO. The van der Waals surface area contributed by atoms with Crippen molar-refractivity contribution in [1.29, 1.82) is 0 Å². The van der Waals surface area contributed by atoms with Crippen LogP contribution in [0.3, 0.4) is 0 Å². The van der Waals surface area contributed by atoms with Crippen LogP contribution in [0.2, 0.25) is 5.02 Å². The van der Waals surface area contributed by atoms with E-state index in [1.807, 2.05) is 6.07 Å². The number of hydrogen-bond acceptors (Lipinski definition) is 1. The van der Waals surface area contributed by atoms with Crippen LogP contribution in [0.5, 0.6) is 0 Å². The fourth-order valence-corrected chi connectivity index (χ4v) is 1.79. The highest BCUT2D eigenvalue weighted by atomic mass is 79.9. The normalized spacial score (nSPS) is 10.7. The summed E-state index contributed by atoms with van der Waals surface area (Å²) in [6.07, 6.45) is 1.50. The van der Waals surface area contributed by atoms with Gasteiger partial charge in [-0.15, -0.1) is 0 Å². The maximum Gasteiger partial charge on any atom is 0.153 e. The average Bonchev–Trinajstić information content (AvgIpc) is 2.34. The molecular weight excluding hydrogens is 227 g/mol. The molecule has 0 N–H and O–H groups in total. The lowest BCUT2D eigenvalue weighted by Gasteiger charge is -1.92. The first-order valence-electron chi connectivity index (χ1n) is 3.01. The molecule has 1 radical (unpaired) electrons. The largest absolute Gasteiger partial charge is 0.462 e. The molecule has 55 valence electrons. The Balaban J connectivity index is 2.91. The van der Waals surface area contributed by atoms with E-state index in [0.29, 0.717) is 10.6 Å². The second kappa shape index (κ2) is 2.54. The molecule has 0 atom stereocenters. The second-order valence-electron chi connectivity index (χ2n) is 2.14. The molecule has 0 saturated heterocycles. The first-order chi connectivity index (χ1) is 5.27. The minimum absolute atomic E-state index is 0.607. The van der Waals surface area contributed by atoms with Crippen LogP contribution in [-0.4, -0.2) is 0 Å². The van der Waals surface area contributed by atoms with Gasteiger partial charge in [0, 0.05) is 15.9 Å². The Bertz CT molecular complexity index is 394. The molecule has 0 bridgehead atoms. The molecule has 0 saturated carbocycles. The van der Waals surface area contributed by atoms with Crippen LogP contribution < -0.4 is 0 Å². The lowest BCUT2D eigenvalue weighted by molar-refractivity contribution is 0.615. The standard InChI is InChI=1S/C8H3BrClO/c9-6-3-5-1-2-11-8(5)7(10)4-6/h2-4H. The summed E-state index contributed by atoms with van der Waals surface area (Å²) in [6.45, 7) is 0. The summed E-state index contributed by atoms with van der Waals surface area (Å²) in [5, 5.41) is 1.50. The van der Waals surface area contributed by atoms with E-state index in [4.69, 9.17) is 16.0 Å². The Morgan fingerprint density at radius 1 is 1.45 bits per heavy atom. The SMILES string of the molecule is Clc1cc(Br)cc2[c]coc12. The van der Waals surface area contributed by atoms with E-state index in [1.54, 1.807) is 6.07 Å². The van der Waals surface area contributed by atoms with Crippen molar-refractivity contribution in [3.05, 3.63) is 34.0 Å². The summed E-state index contributed by atoms with van der Waals surface area (Å²) in [5.74, 6) is 0. The van der Waals surface area contributed by atoms with Crippen LogP contribution in [0.4, 0.5) is 0 Å². The third kappa shape index (κ3) is 1.17. The fourth-order valence-electron chi connectivity index (χ4n) is 0.939. The van der Waals surface area contributed by atoms with E-state index in [2.05, 4.69) is 22.0 Å². The first-order valence-corrected chi connectivity index (χ1v) is 4.18. The molecule has 11 heavy (non-hydrogen) atoms. The van der Waals surface area contributed by atoms with Crippen molar-refractivity contribution in [3.63, 3.8) is 0 Å². The van der Waals surface area contributed by atoms with E-state index in [1.165, 1.54) is 6.26 Å². The van der Waals surface area contributed by atoms with Crippen LogP contribution in [0.15, 0.2) is 27.3 Å².